The van der Waals surface area contributed by atoms with Crippen molar-refractivity contribution in [3.05, 3.63) is 23.4 Å². The quantitative estimate of drug-likeness (QED) is 0.821. The van der Waals surface area contributed by atoms with Crippen molar-refractivity contribution in [2.45, 2.75) is 19.8 Å². The molecule has 1 aromatic heterocycles. The van der Waals surface area contributed by atoms with Crippen molar-refractivity contribution in [2.24, 2.45) is 5.92 Å². The van der Waals surface area contributed by atoms with Crippen LogP contribution in [0, 0.1) is 12.8 Å². The number of nitrogens with one attached hydrogen (secondary N) is 2. The van der Waals surface area contributed by atoms with E-state index >= 15 is 0 Å². The zero-order chi connectivity index (χ0) is 12.4. The van der Waals surface area contributed by atoms with Crippen molar-refractivity contribution in [2.75, 3.05) is 12.4 Å². The predicted octanol–water partition coefficient (Wildman–Crippen LogP) is 1.10. The minimum atomic E-state index is -0.171. The molecule has 0 aliphatic heterocycles. The summed E-state index contributed by atoms with van der Waals surface area (Å²) in [5, 5.41) is 5.29. The summed E-state index contributed by atoms with van der Waals surface area (Å²) in [5.41, 5.74) is 1.32. The third-order valence-electron chi connectivity index (χ3n) is 2.78. The Labute approximate surface area is 99.6 Å². The Morgan fingerprint density at radius 1 is 1.41 bits per heavy atom. The number of hydrogen-bond acceptors (Lipinski definition) is 3. The fourth-order valence-corrected chi connectivity index (χ4v) is 1.57. The van der Waals surface area contributed by atoms with Gasteiger partial charge in [-0.05, 0) is 31.4 Å². The third kappa shape index (κ3) is 2.61. The first-order valence-electron chi connectivity index (χ1n) is 5.61. The molecule has 0 aromatic carbocycles. The van der Waals surface area contributed by atoms with Crippen LogP contribution in [0.15, 0.2) is 12.3 Å². The summed E-state index contributed by atoms with van der Waals surface area (Å²) in [6, 6.07) is 1.71. The highest BCUT2D eigenvalue weighted by atomic mass is 16.2. The zero-order valence-electron chi connectivity index (χ0n) is 9.91. The Hall–Kier alpha value is -1.91. The number of hydrogen-bond donors (Lipinski definition) is 2. The molecule has 0 saturated heterocycles. The first-order chi connectivity index (χ1) is 8.11. The molecule has 1 aromatic rings. The molecule has 2 N–H and O–H groups in total. The normalized spacial score (nSPS) is 14.2. The van der Waals surface area contributed by atoms with Crippen molar-refractivity contribution in [3.63, 3.8) is 0 Å². The maximum Gasteiger partial charge on any atom is 0.252 e. The van der Waals surface area contributed by atoms with Crippen molar-refractivity contribution in [1.82, 2.24) is 10.3 Å². The van der Waals surface area contributed by atoms with Gasteiger partial charge in [-0.25, -0.2) is 4.98 Å². The molecule has 0 spiro atoms. The smallest absolute Gasteiger partial charge is 0.252 e. The van der Waals surface area contributed by atoms with Gasteiger partial charge in [-0.2, -0.15) is 0 Å². The summed E-state index contributed by atoms with van der Waals surface area (Å²) in [6.07, 6.45) is 3.40. The van der Waals surface area contributed by atoms with E-state index in [-0.39, 0.29) is 17.7 Å². The lowest BCUT2D eigenvalue weighted by Gasteiger charge is -2.07. The average molecular weight is 233 g/mol. The highest BCUT2D eigenvalue weighted by Gasteiger charge is 2.29. The molecule has 0 radical (unpaired) electrons. The van der Waals surface area contributed by atoms with Gasteiger partial charge in [-0.15, -0.1) is 0 Å². The topological polar surface area (TPSA) is 71.1 Å². The minimum Gasteiger partial charge on any atom is -0.355 e. The Bertz CT molecular complexity index is 467. The number of amides is 2. The van der Waals surface area contributed by atoms with Crippen LogP contribution in [0.5, 0.6) is 0 Å². The molecular formula is C12H15N3O2. The van der Waals surface area contributed by atoms with Gasteiger partial charge in [0.05, 0.1) is 5.56 Å². The number of aromatic nitrogens is 1. The zero-order valence-corrected chi connectivity index (χ0v) is 9.91. The van der Waals surface area contributed by atoms with Crippen LogP contribution in [0.25, 0.3) is 0 Å². The van der Waals surface area contributed by atoms with Gasteiger partial charge in [0.25, 0.3) is 5.91 Å². The Kier molecular flexibility index (Phi) is 3.08. The molecule has 2 rings (SSSR count). The molecule has 5 heteroatoms. The minimum absolute atomic E-state index is 0.0181. The van der Waals surface area contributed by atoms with E-state index in [0.717, 1.165) is 18.4 Å². The predicted molar refractivity (Wildman–Crippen MR) is 63.7 cm³/mol. The van der Waals surface area contributed by atoms with Crippen LogP contribution in [0.1, 0.15) is 28.8 Å². The molecule has 5 nitrogen and oxygen atoms in total. The molecular weight excluding hydrogens is 218 g/mol. The van der Waals surface area contributed by atoms with Crippen LogP contribution in [-0.2, 0) is 4.79 Å². The molecule has 0 atom stereocenters. The van der Waals surface area contributed by atoms with Gasteiger partial charge in [-0.1, -0.05) is 0 Å². The second-order valence-corrected chi connectivity index (χ2v) is 4.23. The van der Waals surface area contributed by atoms with Crippen LogP contribution >= 0.6 is 0 Å². The lowest BCUT2D eigenvalue weighted by atomic mass is 10.1. The van der Waals surface area contributed by atoms with Crippen molar-refractivity contribution in [3.8, 4) is 0 Å². The first-order valence-corrected chi connectivity index (χ1v) is 5.61. The summed E-state index contributed by atoms with van der Waals surface area (Å²) >= 11 is 0. The molecule has 1 aliphatic rings. The van der Waals surface area contributed by atoms with Crippen LogP contribution in [0.2, 0.25) is 0 Å². The lowest BCUT2D eigenvalue weighted by molar-refractivity contribution is -0.117. The summed E-state index contributed by atoms with van der Waals surface area (Å²) in [7, 11) is 1.57. The standard InChI is InChI=1S/C12H15N3O2/c1-7-5-10(15-11(16)8-3-4-8)14-6-9(7)12(17)13-2/h5-6,8H,3-4H2,1-2H3,(H,13,17)(H,14,15,16). The molecule has 1 fully saturated rings. The number of carbonyl (C=O) groups is 2. The number of carbonyl (C=O) groups excluding carboxylic acids is 2. The SMILES string of the molecule is CNC(=O)c1cnc(NC(=O)C2CC2)cc1C. The number of rotatable bonds is 3. The maximum absolute atomic E-state index is 11.5. The average Bonchev–Trinajstić information content (AvgIpc) is 3.12. The highest BCUT2D eigenvalue weighted by molar-refractivity contribution is 5.96. The fourth-order valence-electron chi connectivity index (χ4n) is 1.57. The molecule has 1 heterocycles. The molecule has 1 saturated carbocycles. The van der Waals surface area contributed by atoms with E-state index in [1.165, 1.54) is 6.20 Å². The van der Waals surface area contributed by atoms with Gasteiger partial charge in [0, 0.05) is 19.2 Å². The first kappa shape index (κ1) is 11.6. The van der Waals surface area contributed by atoms with Gasteiger partial charge in [0.1, 0.15) is 5.82 Å². The second-order valence-electron chi connectivity index (χ2n) is 4.23. The van der Waals surface area contributed by atoms with E-state index < -0.39 is 0 Å². The number of anilines is 1. The van der Waals surface area contributed by atoms with Crippen molar-refractivity contribution < 1.29 is 9.59 Å². The van der Waals surface area contributed by atoms with Crippen molar-refractivity contribution >= 4 is 17.6 Å². The van der Waals surface area contributed by atoms with E-state index in [2.05, 4.69) is 15.6 Å². The molecule has 90 valence electrons. The highest BCUT2D eigenvalue weighted by Crippen LogP contribution is 2.30. The molecule has 1 aliphatic carbocycles. The fraction of sp³-hybridized carbons (Fsp3) is 0.417. The Balaban J connectivity index is 2.12. The van der Waals surface area contributed by atoms with Gasteiger partial charge >= 0.3 is 0 Å². The summed E-state index contributed by atoms with van der Waals surface area (Å²) in [6.45, 7) is 1.82. The van der Waals surface area contributed by atoms with E-state index in [4.69, 9.17) is 0 Å². The maximum atomic E-state index is 11.5. The summed E-state index contributed by atoms with van der Waals surface area (Å²) < 4.78 is 0. The van der Waals surface area contributed by atoms with Crippen LogP contribution in [0.4, 0.5) is 5.82 Å². The van der Waals surface area contributed by atoms with E-state index in [0.29, 0.717) is 11.4 Å². The van der Waals surface area contributed by atoms with E-state index in [1.54, 1.807) is 13.1 Å². The molecule has 2 amide bonds. The van der Waals surface area contributed by atoms with Gasteiger partial charge in [-0.3, -0.25) is 9.59 Å². The number of pyridine rings is 1. The lowest BCUT2D eigenvalue weighted by Crippen LogP contribution is -2.20. The van der Waals surface area contributed by atoms with Crippen LogP contribution < -0.4 is 10.6 Å². The van der Waals surface area contributed by atoms with E-state index in [9.17, 15) is 9.59 Å². The molecule has 17 heavy (non-hydrogen) atoms. The van der Waals surface area contributed by atoms with Crippen LogP contribution in [-0.4, -0.2) is 23.8 Å². The molecule has 0 bridgehead atoms. The molecule has 0 unspecified atom stereocenters. The monoisotopic (exact) mass is 233 g/mol. The summed E-state index contributed by atoms with van der Waals surface area (Å²) in [5.74, 6) is 0.502. The Morgan fingerprint density at radius 2 is 2.12 bits per heavy atom. The van der Waals surface area contributed by atoms with Gasteiger partial charge < -0.3 is 10.6 Å². The van der Waals surface area contributed by atoms with E-state index in [1.807, 2.05) is 6.92 Å². The van der Waals surface area contributed by atoms with Gasteiger partial charge in [0.15, 0.2) is 0 Å². The third-order valence-corrected chi connectivity index (χ3v) is 2.78. The van der Waals surface area contributed by atoms with Crippen LogP contribution in [0.3, 0.4) is 0 Å². The summed E-state index contributed by atoms with van der Waals surface area (Å²) in [4.78, 5) is 27.0. The largest absolute Gasteiger partial charge is 0.355 e. The Morgan fingerprint density at radius 3 is 2.65 bits per heavy atom. The second kappa shape index (κ2) is 4.53. The number of nitrogens with zero attached hydrogens (tertiary/aromatic N) is 1. The number of aryl methyl sites for hydroxylation is 1. The van der Waals surface area contributed by atoms with Gasteiger partial charge in [0.2, 0.25) is 5.91 Å². The van der Waals surface area contributed by atoms with Crippen molar-refractivity contribution in [1.29, 1.82) is 0 Å².